The predicted molar refractivity (Wildman–Crippen MR) is 51.6 cm³/mol. The maximum atomic E-state index is 10.6. The van der Waals surface area contributed by atoms with Crippen LogP contribution in [0.15, 0.2) is 11.4 Å². The van der Waals surface area contributed by atoms with Gasteiger partial charge in [0.1, 0.15) is 0 Å². The van der Waals surface area contributed by atoms with Crippen LogP contribution in [-0.2, 0) is 16.7 Å². The largest absolute Gasteiger partial charge is 0.478 e. The summed E-state index contributed by atoms with van der Waals surface area (Å²) in [6.07, 6.45) is 1.24. The van der Waals surface area contributed by atoms with E-state index in [1.54, 1.807) is 4.68 Å². The molecule has 2 heterocycles. The van der Waals surface area contributed by atoms with E-state index in [-0.39, 0.29) is 0 Å². The zero-order chi connectivity index (χ0) is 11.0. The lowest BCUT2D eigenvalue weighted by Gasteiger charge is -1.98. The summed E-state index contributed by atoms with van der Waals surface area (Å²) >= 11 is 0. The van der Waals surface area contributed by atoms with E-state index in [9.17, 15) is 4.79 Å². The van der Waals surface area contributed by atoms with Crippen LogP contribution in [-0.4, -0.2) is 32.7 Å². The lowest BCUT2D eigenvalue weighted by atomic mass is 10.1. The van der Waals surface area contributed by atoms with Crippen LogP contribution in [0, 0.1) is 6.92 Å². The molecule has 6 heteroatoms. The number of aliphatic carboxylic acids is 1. The molecule has 0 unspecified atom stereocenters. The van der Waals surface area contributed by atoms with Gasteiger partial charge in [-0.05, 0) is 6.92 Å². The number of carbonyl (C=O) groups is 1. The molecule has 80 valence electrons. The maximum absolute atomic E-state index is 10.6. The first kappa shape index (κ1) is 9.70. The predicted octanol–water partition coefficient (Wildman–Crippen LogP) is 0.306. The summed E-state index contributed by atoms with van der Waals surface area (Å²) in [4.78, 5) is 15.4. The van der Waals surface area contributed by atoms with E-state index in [1.165, 1.54) is 0 Å². The molecule has 1 aliphatic rings. The third kappa shape index (κ3) is 1.70. The SMILES string of the molecule is Cc1nn(C)cc1C1=NO[C@H](C(=O)O)C1. The van der Waals surface area contributed by atoms with Gasteiger partial charge < -0.3 is 9.94 Å². The number of carboxylic acids is 1. The Morgan fingerprint density at radius 1 is 1.73 bits per heavy atom. The number of hydrogen-bond acceptors (Lipinski definition) is 4. The first-order valence-corrected chi connectivity index (χ1v) is 4.54. The number of rotatable bonds is 2. The summed E-state index contributed by atoms with van der Waals surface area (Å²) in [7, 11) is 1.81. The fourth-order valence-corrected chi connectivity index (χ4v) is 1.55. The fraction of sp³-hybridized carbons (Fsp3) is 0.444. The molecule has 0 saturated carbocycles. The summed E-state index contributed by atoms with van der Waals surface area (Å²) in [6.45, 7) is 1.85. The molecule has 0 bridgehead atoms. The standard InChI is InChI=1S/C9H11N3O3/c1-5-6(4-12(2)10-5)7-3-8(9(13)14)15-11-7/h4,8H,3H2,1-2H3,(H,13,14)/t8-/m0/s1. The molecule has 0 fully saturated rings. The minimum atomic E-state index is -0.990. The van der Waals surface area contributed by atoms with Crippen molar-refractivity contribution in [2.75, 3.05) is 0 Å². The highest BCUT2D eigenvalue weighted by Gasteiger charge is 2.29. The van der Waals surface area contributed by atoms with E-state index < -0.39 is 12.1 Å². The lowest BCUT2D eigenvalue weighted by molar-refractivity contribution is -0.148. The number of nitrogens with zero attached hydrogens (tertiary/aromatic N) is 3. The summed E-state index contributed by atoms with van der Waals surface area (Å²) in [5, 5.41) is 16.7. The fourth-order valence-electron chi connectivity index (χ4n) is 1.55. The van der Waals surface area contributed by atoms with Gasteiger partial charge in [0.05, 0.1) is 11.4 Å². The molecular formula is C9H11N3O3. The molecule has 1 aromatic rings. The summed E-state index contributed by atoms with van der Waals surface area (Å²) in [5.41, 5.74) is 2.32. The maximum Gasteiger partial charge on any atom is 0.348 e. The molecule has 0 radical (unpaired) electrons. The molecule has 0 aromatic carbocycles. The van der Waals surface area contributed by atoms with Crippen molar-refractivity contribution in [1.82, 2.24) is 9.78 Å². The van der Waals surface area contributed by atoms with Gasteiger partial charge in [-0.1, -0.05) is 5.16 Å². The quantitative estimate of drug-likeness (QED) is 0.760. The minimum absolute atomic E-state index is 0.294. The highest BCUT2D eigenvalue weighted by atomic mass is 16.7. The van der Waals surface area contributed by atoms with Crippen molar-refractivity contribution >= 4 is 11.7 Å². The Labute approximate surface area is 86.1 Å². The molecule has 1 N–H and O–H groups in total. The molecular weight excluding hydrogens is 198 g/mol. The Balaban J connectivity index is 2.21. The number of oxime groups is 1. The molecule has 1 atom stereocenters. The van der Waals surface area contributed by atoms with Crippen molar-refractivity contribution in [3.05, 3.63) is 17.5 Å². The summed E-state index contributed by atoms with van der Waals surface area (Å²) in [5.74, 6) is -0.990. The molecule has 0 saturated heterocycles. The number of aromatic nitrogens is 2. The Morgan fingerprint density at radius 3 is 2.93 bits per heavy atom. The first-order valence-electron chi connectivity index (χ1n) is 4.54. The van der Waals surface area contributed by atoms with Crippen LogP contribution in [0.1, 0.15) is 17.7 Å². The van der Waals surface area contributed by atoms with Crippen molar-refractivity contribution in [2.24, 2.45) is 12.2 Å². The first-order chi connectivity index (χ1) is 7.08. The Hall–Kier alpha value is -1.85. The zero-order valence-electron chi connectivity index (χ0n) is 8.47. The van der Waals surface area contributed by atoms with E-state index in [1.807, 2.05) is 20.2 Å². The van der Waals surface area contributed by atoms with E-state index >= 15 is 0 Å². The van der Waals surface area contributed by atoms with Crippen molar-refractivity contribution in [3.8, 4) is 0 Å². The van der Waals surface area contributed by atoms with E-state index in [0.29, 0.717) is 12.1 Å². The van der Waals surface area contributed by atoms with Crippen molar-refractivity contribution in [3.63, 3.8) is 0 Å². The van der Waals surface area contributed by atoms with Gasteiger partial charge in [0, 0.05) is 25.2 Å². The molecule has 15 heavy (non-hydrogen) atoms. The van der Waals surface area contributed by atoms with Gasteiger partial charge in [-0.2, -0.15) is 5.10 Å². The van der Waals surface area contributed by atoms with E-state index in [0.717, 1.165) is 11.3 Å². The van der Waals surface area contributed by atoms with Gasteiger partial charge in [0.25, 0.3) is 0 Å². The van der Waals surface area contributed by atoms with Gasteiger partial charge in [0.15, 0.2) is 0 Å². The Kier molecular flexibility index (Phi) is 2.18. The van der Waals surface area contributed by atoms with Crippen LogP contribution >= 0.6 is 0 Å². The smallest absolute Gasteiger partial charge is 0.348 e. The molecule has 1 aliphatic heterocycles. The topological polar surface area (TPSA) is 76.7 Å². The number of carboxylic acid groups (broad SMARTS) is 1. The van der Waals surface area contributed by atoms with Crippen LogP contribution in [0.25, 0.3) is 0 Å². The van der Waals surface area contributed by atoms with Crippen molar-refractivity contribution in [1.29, 1.82) is 0 Å². The van der Waals surface area contributed by atoms with Crippen LogP contribution in [0.3, 0.4) is 0 Å². The second-order valence-electron chi connectivity index (χ2n) is 3.48. The minimum Gasteiger partial charge on any atom is -0.478 e. The molecule has 1 aromatic heterocycles. The highest BCUT2D eigenvalue weighted by Crippen LogP contribution is 2.18. The van der Waals surface area contributed by atoms with Gasteiger partial charge >= 0.3 is 5.97 Å². The molecule has 2 rings (SSSR count). The van der Waals surface area contributed by atoms with E-state index in [4.69, 9.17) is 9.94 Å². The van der Waals surface area contributed by atoms with E-state index in [2.05, 4.69) is 10.3 Å². The van der Waals surface area contributed by atoms with Crippen LogP contribution in [0.2, 0.25) is 0 Å². The van der Waals surface area contributed by atoms with Crippen molar-refractivity contribution in [2.45, 2.75) is 19.4 Å². The zero-order valence-corrected chi connectivity index (χ0v) is 8.47. The Bertz CT molecular complexity index is 436. The Morgan fingerprint density at radius 2 is 2.47 bits per heavy atom. The molecule has 6 nitrogen and oxygen atoms in total. The van der Waals surface area contributed by atoms with Gasteiger partial charge in [-0.15, -0.1) is 0 Å². The van der Waals surface area contributed by atoms with Crippen LogP contribution in [0.5, 0.6) is 0 Å². The van der Waals surface area contributed by atoms with Gasteiger partial charge in [-0.25, -0.2) is 4.79 Å². The third-order valence-electron chi connectivity index (χ3n) is 2.27. The highest BCUT2D eigenvalue weighted by molar-refractivity contribution is 6.03. The van der Waals surface area contributed by atoms with Crippen LogP contribution in [0.4, 0.5) is 0 Å². The molecule has 0 aliphatic carbocycles. The summed E-state index contributed by atoms with van der Waals surface area (Å²) in [6, 6.07) is 0. The normalized spacial score (nSPS) is 19.9. The third-order valence-corrected chi connectivity index (χ3v) is 2.27. The monoisotopic (exact) mass is 209 g/mol. The van der Waals surface area contributed by atoms with Gasteiger partial charge in [-0.3, -0.25) is 4.68 Å². The van der Waals surface area contributed by atoms with Crippen molar-refractivity contribution < 1.29 is 14.7 Å². The second-order valence-corrected chi connectivity index (χ2v) is 3.48. The van der Waals surface area contributed by atoms with Gasteiger partial charge in [0.2, 0.25) is 6.10 Å². The number of aryl methyl sites for hydroxylation is 2. The average Bonchev–Trinajstić information content (AvgIpc) is 2.71. The number of hydrogen-bond donors (Lipinski definition) is 1. The molecule has 0 spiro atoms. The lowest BCUT2D eigenvalue weighted by Crippen LogP contribution is -2.19. The van der Waals surface area contributed by atoms with Crippen LogP contribution < -0.4 is 0 Å². The molecule has 0 amide bonds. The average molecular weight is 209 g/mol. The summed E-state index contributed by atoms with van der Waals surface area (Å²) < 4.78 is 1.67. The second kappa shape index (κ2) is 3.38.